The lowest BCUT2D eigenvalue weighted by Gasteiger charge is -2.36. The number of hydrogen-bond acceptors (Lipinski definition) is 4. The van der Waals surface area contributed by atoms with Crippen molar-refractivity contribution in [1.82, 2.24) is 9.88 Å². The molecule has 1 saturated heterocycles. The zero-order valence-corrected chi connectivity index (χ0v) is 15.7. The Labute approximate surface area is 165 Å². The van der Waals surface area contributed by atoms with Gasteiger partial charge in [-0.25, -0.2) is 0 Å². The van der Waals surface area contributed by atoms with Crippen LogP contribution < -0.4 is 9.64 Å². The summed E-state index contributed by atoms with van der Waals surface area (Å²) < 4.78 is 5.80. The van der Waals surface area contributed by atoms with E-state index in [1.54, 1.807) is 12.4 Å². The van der Waals surface area contributed by atoms with Crippen LogP contribution in [-0.4, -0.2) is 42.0 Å². The van der Waals surface area contributed by atoms with Gasteiger partial charge in [0.1, 0.15) is 12.4 Å². The van der Waals surface area contributed by atoms with Crippen LogP contribution in [0.5, 0.6) is 5.75 Å². The van der Waals surface area contributed by atoms with Crippen LogP contribution >= 0.6 is 0 Å². The minimum atomic E-state index is 0.0731. The van der Waals surface area contributed by atoms with Gasteiger partial charge in [-0.2, -0.15) is 0 Å². The van der Waals surface area contributed by atoms with Crippen molar-refractivity contribution < 1.29 is 9.53 Å². The Kier molecular flexibility index (Phi) is 5.52. The minimum Gasteiger partial charge on any atom is -0.489 e. The van der Waals surface area contributed by atoms with Gasteiger partial charge in [0.2, 0.25) is 0 Å². The summed E-state index contributed by atoms with van der Waals surface area (Å²) in [5, 5.41) is 0. The third-order valence-electron chi connectivity index (χ3n) is 4.94. The summed E-state index contributed by atoms with van der Waals surface area (Å²) in [4.78, 5) is 21.0. The molecule has 1 amide bonds. The second-order valence-corrected chi connectivity index (χ2v) is 6.78. The number of carbonyl (C=O) groups is 1. The number of anilines is 1. The van der Waals surface area contributed by atoms with Crippen LogP contribution in [0.2, 0.25) is 0 Å². The fourth-order valence-corrected chi connectivity index (χ4v) is 3.34. The summed E-state index contributed by atoms with van der Waals surface area (Å²) in [6.07, 6.45) is 3.60. The molecule has 0 aliphatic carbocycles. The molecular formula is C23H23N3O2. The summed E-state index contributed by atoms with van der Waals surface area (Å²) in [6.45, 7) is 3.61. The quantitative estimate of drug-likeness (QED) is 0.685. The Bertz CT molecular complexity index is 890. The Morgan fingerprint density at radius 3 is 2.21 bits per heavy atom. The van der Waals surface area contributed by atoms with Gasteiger partial charge in [-0.1, -0.05) is 30.3 Å². The molecule has 0 atom stereocenters. The van der Waals surface area contributed by atoms with Gasteiger partial charge in [0.25, 0.3) is 5.91 Å². The summed E-state index contributed by atoms with van der Waals surface area (Å²) >= 11 is 0. The Morgan fingerprint density at radius 1 is 0.857 bits per heavy atom. The van der Waals surface area contributed by atoms with Gasteiger partial charge >= 0.3 is 0 Å². The highest BCUT2D eigenvalue weighted by atomic mass is 16.5. The van der Waals surface area contributed by atoms with Gasteiger partial charge in [-0.15, -0.1) is 0 Å². The number of piperazine rings is 1. The molecule has 5 nitrogen and oxygen atoms in total. The van der Waals surface area contributed by atoms with Gasteiger partial charge in [0.15, 0.2) is 0 Å². The van der Waals surface area contributed by atoms with E-state index in [-0.39, 0.29) is 5.91 Å². The monoisotopic (exact) mass is 373 g/mol. The van der Waals surface area contributed by atoms with Crippen molar-refractivity contribution in [3.63, 3.8) is 0 Å². The minimum absolute atomic E-state index is 0.0731. The highest BCUT2D eigenvalue weighted by Gasteiger charge is 2.22. The largest absolute Gasteiger partial charge is 0.489 e. The third kappa shape index (κ3) is 4.31. The molecule has 2 heterocycles. The van der Waals surface area contributed by atoms with Crippen LogP contribution in [0, 0.1) is 0 Å². The number of rotatable bonds is 5. The van der Waals surface area contributed by atoms with E-state index in [1.807, 2.05) is 71.6 Å². The molecule has 2 aromatic carbocycles. The van der Waals surface area contributed by atoms with E-state index in [1.165, 1.54) is 0 Å². The third-order valence-corrected chi connectivity index (χ3v) is 4.94. The lowest BCUT2D eigenvalue weighted by Crippen LogP contribution is -2.48. The number of amides is 1. The second kappa shape index (κ2) is 8.57. The van der Waals surface area contributed by atoms with Gasteiger partial charge in [-0.3, -0.25) is 9.78 Å². The predicted octanol–water partition coefficient (Wildman–Crippen LogP) is 3.62. The van der Waals surface area contributed by atoms with Crippen LogP contribution in [-0.2, 0) is 6.61 Å². The molecule has 3 aromatic rings. The number of aromatic nitrogens is 1. The molecule has 142 valence electrons. The van der Waals surface area contributed by atoms with E-state index < -0.39 is 0 Å². The van der Waals surface area contributed by atoms with Gasteiger partial charge in [0.05, 0.1) is 0 Å². The summed E-state index contributed by atoms with van der Waals surface area (Å²) in [5.41, 5.74) is 2.97. The van der Waals surface area contributed by atoms with Crippen LogP contribution in [0.15, 0.2) is 79.1 Å². The van der Waals surface area contributed by atoms with Crippen molar-refractivity contribution in [3.8, 4) is 5.75 Å². The molecule has 0 spiro atoms. The van der Waals surface area contributed by atoms with Crippen molar-refractivity contribution in [3.05, 3.63) is 90.3 Å². The van der Waals surface area contributed by atoms with E-state index in [4.69, 9.17) is 4.74 Å². The first-order valence-corrected chi connectivity index (χ1v) is 9.51. The van der Waals surface area contributed by atoms with Crippen molar-refractivity contribution in [2.75, 3.05) is 31.1 Å². The highest BCUT2D eigenvalue weighted by Crippen LogP contribution is 2.18. The topological polar surface area (TPSA) is 45.7 Å². The molecule has 5 heteroatoms. The number of nitrogens with zero attached hydrogens (tertiary/aromatic N) is 3. The first kappa shape index (κ1) is 18.0. The van der Waals surface area contributed by atoms with Gasteiger partial charge in [-0.05, 0) is 42.0 Å². The Balaban J connectivity index is 1.31. The molecule has 0 unspecified atom stereocenters. The zero-order valence-electron chi connectivity index (χ0n) is 15.7. The normalized spacial score (nSPS) is 14.0. The van der Waals surface area contributed by atoms with E-state index >= 15 is 0 Å². The predicted molar refractivity (Wildman–Crippen MR) is 110 cm³/mol. The number of ether oxygens (including phenoxy) is 1. The fraction of sp³-hybridized carbons (Fsp3) is 0.217. The molecular weight excluding hydrogens is 350 g/mol. The fourth-order valence-electron chi connectivity index (χ4n) is 3.34. The molecule has 1 aliphatic heterocycles. The second-order valence-electron chi connectivity index (χ2n) is 6.78. The average Bonchev–Trinajstić information content (AvgIpc) is 2.79. The Hall–Kier alpha value is -3.34. The summed E-state index contributed by atoms with van der Waals surface area (Å²) in [5.74, 6) is 0.840. The van der Waals surface area contributed by atoms with Crippen LogP contribution in [0.3, 0.4) is 0 Å². The van der Waals surface area contributed by atoms with E-state index in [0.29, 0.717) is 25.3 Å². The number of benzene rings is 2. The number of pyridine rings is 1. The molecule has 0 radical (unpaired) electrons. The van der Waals surface area contributed by atoms with E-state index in [9.17, 15) is 4.79 Å². The van der Waals surface area contributed by atoms with Crippen molar-refractivity contribution in [1.29, 1.82) is 0 Å². The van der Waals surface area contributed by atoms with Crippen molar-refractivity contribution in [2.24, 2.45) is 0 Å². The highest BCUT2D eigenvalue weighted by molar-refractivity contribution is 5.94. The molecule has 1 aliphatic rings. The van der Waals surface area contributed by atoms with Gasteiger partial charge < -0.3 is 14.5 Å². The standard InChI is InChI=1S/C23H23N3O2/c27-23(26-16-14-25(15-17-26)21-10-12-24-13-11-21)20-6-8-22(9-7-20)28-18-19-4-2-1-3-5-19/h1-13H,14-18H2. The summed E-state index contributed by atoms with van der Waals surface area (Å²) in [6, 6.07) is 21.5. The van der Waals surface area contributed by atoms with E-state index in [2.05, 4.69) is 9.88 Å². The molecule has 1 aromatic heterocycles. The van der Waals surface area contributed by atoms with Crippen molar-refractivity contribution in [2.45, 2.75) is 6.61 Å². The molecule has 0 N–H and O–H groups in total. The maximum Gasteiger partial charge on any atom is 0.253 e. The average molecular weight is 373 g/mol. The number of hydrogen-bond donors (Lipinski definition) is 0. The Morgan fingerprint density at radius 2 is 1.54 bits per heavy atom. The SMILES string of the molecule is O=C(c1ccc(OCc2ccccc2)cc1)N1CCN(c2ccncc2)CC1. The van der Waals surface area contributed by atoms with Crippen LogP contribution in [0.25, 0.3) is 0 Å². The van der Waals surface area contributed by atoms with Gasteiger partial charge in [0, 0.05) is 49.8 Å². The lowest BCUT2D eigenvalue weighted by atomic mass is 10.1. The summed E-state index contributed by atoms with van der Waals surface area (Å²) in [7, 11) is 0. The zero-order chi connectivity index (χ0) is 19.2. The molecule has 0 bridgehead atoms. The van der Waals surface area contributed by atoms with Crippen LogP contribution in [0.1, 0.15) is 15.9 Å². The lowest BCUT2D eigenvalue weighted by molar-refractivity contribution is 0.0746. The smallest absolute Gasteiger partial charge is 0.253 e. The molecule has 1 fully saturated rings. The maximum atomic E-state index is 12.8. The first-order chi connectivity index (χ1) is 13.8. The number of carbonyl (C=O) groups excluding carboxylic acids is 1. The molecule has 4 rings (SSSR count). The van der Waals surface area contributed by atoms with Crippen molar-refractivity contribution >= 4 is 11.6 Å². The first-order valence-electron chi connectivity index (χ1n) is 9.51. The molecule has 0 saturated carbocycles. The maximum absolute atomic E-state index is 12.8. The van der Waals surface area contributed by atoms with E-state index in [0.717, 1.165) is 30.1 Å². The van der Waals surface area contributed by atoms with Crippen LogP contribution in [0.4, 0.5) is 5.69 Å². The molecule has 28 heavy (non-hydrogen) atoms.